The van der Waals surface area contributed by atoms with Gasteiger partial charge in [-0.05, 0) is 59.1 Å². The number of anilines is 1. The number of phenolic OH excluding ortho intramolecular Hbond substituents is 1. The van der Waals surface area contributed by atoms with E-state index in [0.29, 0.717) is 17.8 Å². The van der Waals surface area contributed by atoms with Gasteiger partial charge in [-0.15, -0.1) is 0 Å². The van der Waals surface area contributed by atoms with E-state index in [1.54, 1.807) is 6.07 Å². The topological polar surface area (TPSA) is 99.9 Å². The summed E-state index contributed by atoms with van der Waals surface area (Å²) in [7, 11) is -3.63. The summed E-state index contributed by atoms with van der Waals surface area (Å²) < 4.78 is 32.0. The number of nitrogens with one attached hydrogen (secondary N) is 1. The molecule has 0 unspecified atom stereocenters. The minimum atomic E-state index is -3.63. The largest absolute Gasteiger partial charge is 0.506 e. The van der Waals surface area contributed by atoms with Gasteiger partial charge < -0.3 is 14.8 Å². The number of hydrogen-bond donors (Lipinski definition) is 2. The van der Waals surface area contributed by atoms with Crippen molar-refractivity contribution in [2.45, 2.75) is 17.7 Å². The van der Waals surface area contributed by atoms with Crippen LogP contribution in [0.4, 0.5) is 5.69 Å². The molecule has 0 atom stereocenters. The lowest BCUT2D eigenvalue weighted by molar-refractivity contribution is 0.0995. The Kier molecular flexibility index (Phi) is 4.66. The minimum Gasteiger partial charge on any atom is -0.506 e. The smallest absolute Gasteiger partial charge is 0.291 e. The van der Waals surface area contributed by atoms with Gasteiger partial charge in [0.25, 0.3) is 5.91 Å². The van der Waals surface area contributed by atoms with Crippen LogP contribution < -0.4 is 5.32 Å². The zero-order valence-corrected chi connectivity index (χ0v) is 14.9. The number of halogens is 1. The third-order valence-corrected chi connectivity index (χ3v) is 6.04. The molecule has 2 heterocycles. The summed E-state index contributed by atoms with van der Waals surface area (Å²) >= 11 is 3.09. The average molecular weight is 415 g/mol. The summed E-state index contributed by atoms with van der Waals surface area (Å²) in [6.07, 6.45) is 1.66. The number of aromatic hydroxyl groups is 1. The third-order valence-electron chi connectivity index (χ3n) is 3.72. The predicted molar refractivity (Wildman–Crippen MR) is 90.5 cm³/mol. The van der Waals surface area contributed by atoms with Crippen LogP contribution in [0.15, 0.2) is 44.3 Å². The number of rotatable bonds is 4. The molecular weight excluding hydrogens is 400 g/mol. The van der Waals surface area contributed by atoms with E-state index in [1.807, 2.05) is 0 Å². The van der Waals surface area contributed by atoms with Crippen molar-refractivity contribution >= 4 is 37.5 Å². The molecule has 2 aromatic rings. The van der Waals surface area contributed by atoms with E-state index in [2.05, 4.69) is 21.2 Å². The lowest BCUT2D eigenvalue weighted by Crippen LogP contribution is -2.27. The van der Waals surface area contributed by atoms with E-state index in [-0.39, 0.29) is 22.1 Å². The molecule has 7 nitrogen and oxygen atoms in total. The molecule has 24 heavy (non-hydrogen) atoms. The molecule has 1 aliphatic rings. The summed E-state index contributed by atoms with van der Waals surface area (Å²) in [6, 6.07) is 6.84. The molecule has 128 valence electrons. The van der Waals surface area contributed by atoms with Crippen molar-refractivity contribution in [2.24, 2.45) is 0 Å². The minimum absolute atomic E-state index is 0.00722. The quantitative estimate of drug-likeness (QED) is 0.749. The highest BCUT2D eigenvalue weighted by molar-refractivity contribution is 9.10. The first-order valence-corrected chi connectivity index (χ1v) is 9.51. The van der Waals surface area contributed by atoms with Gasteiger partial charge in [-0.1, -0.05) is 0 Å². The highest BCUT2D eigenvalue weighted by Gasteiger charge is 2.28. The number of hydrogen-bond acceptors (Lipinski definition) is 5. The average Bonchev–Trinajstić information content (AvgIpc) is 3.20. The lowest BCUT2D eigenvalue weighted by Gasteiger charge is -2.16. The molecular formula is C15H15BrN2O5S. The number of carbonyl (C=O) groups excluding carboxylic acids is 1. The van der Waals surface area contributed by atoms with Gasteiger partial charge in [-0.2, -0.15) is 4.31 Å². The van der Waals surface area contributed by atoms with Crippen molar-refractivity contribution in [2.75, 3.05) is 18.4 Å². The fraction of sp³-hybridized carbons (Fsp3) is 0.267. The molecule has 1 amide bonds. The van der Waals surface area contributed by atoms with Gasteiger partial charge in [0, 0.05) is 13.1 Å². The van der Waals surface area contributed by atoms with Gasteiger partial charge in [-0.3, -0.25) is 4.79 Å². The molecule has 1 aliphatic heterocycles. The van der Waals surface area contributed by atoms with Crippen LogP contribution in [-0.4, -0.2) is 36.8 Å². The van der Waals surface area contributed by atoms with Crippen molar-refractivity contribution in [3.05, 3.63) is 40.8 Å². The second-order valence-corrected chi connectivity index (χ2v) is 8.07. The number of phenols is 1. The Morgan fingerprint density at radius 1 is 1.21 bits per heavy atom. The van der Waals surface area contributed by atoms with Gasteiger partial charge in [0.1, 0.15) is 5.75 Å². The Labute approximate surface area is 147 Å². The number of sulfonamides is 1. The first-order valence-electron chi connectivity index (χ1n) is 7.28. The maximum Gasteiger partial charge on any atom is 0.291 e. The van der Waals surface area contributed by atoms with E-state index >= 15 is 0 Å². The van der Waals surface area contributed by atoms with E-state index in [0.717, 1.165) is 12.8 Å². The Balaban J connectivity index is 1.87. The van der Waals surface area contributed by atoms with Crippen molar-refractivity contribution in [3.63, 3.8) is 0 Å². The van der Waals surface area contributed by atoms with Crippen molar-refractivity contribution < 1.29 is 22.7 Å². The standard InChI is InChI=1S/C15H15BrN2O5S/c16-14-6-5-13(23-14)15(20)17-11-9-10(3-4-12(11)19)24(21,22)18-7-1-2-8-18/h3-6,9,19H,1-2,7-8H2,(H,17,20). The Hall–Kier alpha value is -1.84. The fourth-order valence-electron chi connectivity index (χ4n) is 2.47. The first-order chi connectivity index (χ1) is 11.4. The van der Waals surface area contributed by atoms with Gasteiger partial charge in [0.15, 0.2) is 10.4 Å². The monoisotopic (exact) mass is 414 g/mol. The van der Waals surface area contributed by atoms with E-state index in [9.17, 15) is 18.3 Å². The van der Waals surface area contributed by atoms with Gasteiger partial charge in [-0.25, -0.2) is 8.42 Å². The summed E-state index contributed by atoms with van der Waals surface area (Å²) in [4.78, 5) is 12.1. The maximum absolute atomic E-state index is 12.6. The molecule has 0 bridgehead atoms. The zero-order valence-electron chi connectivity index (χ0n) is 12.5. The highest BCUT2D eigenvalue weighted by Crippen LogP contribution is 2.30. The molecule has 9 heteroatoms. The Morgan fingerprint density at radius 2 is 1.92 bits per heavy atom. The number of carbonyl (C=O) groups is 1. The second kappa shape index (κ2) is 6.58. The van der Waals surface area contributed by atoms with E-state index in [4.69, 9.17) is 4.42 Å². The molecule has 1 saturated heterocycles. The summed E-state index contributed by atoms with van der Waals surface area (Å²) in [6.45, 7) is 0.955. The number of furan rings is 1. The molecule has 0 radical (unpaired) electrons. The summed E-state index contributed by atoms with van der Waals surface area (Å²) in [5.41, 5.74) is 0.00722. The number of benzene rings is 1. The normalized spacial score (nSPS) is 15.5. The van der Waals surface area contributed by atoms with Gasteiger partial charge in [0.05, 0.1) is 10.6 Å². The molecule has 1 aromatic heterocycles. The first kappa shape index (κ1) is 17.0. The molecule has 1 fully saturated rings. The van der Waals surface area contributed by atoms with Gasteiger partial charge in [0.2, 0.25) is 10.0 Å². The highest BCUT2D eigenvalue weighted by atomic mass is 79.9. The molecule has 2 N–H and O–H groups in total. The summed E-state index contributed by atoms with van der Waals surface area (Å²) in [5.74, 6) is -0.782. The molecule has 0 aliphatic carbocycles. The van der Waals surface area contributed by atoms with Crippen molar-refractivity contribution in [1.29, 1.82) is 0 Å². The number of nitrogens with zero attached hydrogens (tertiary/aromatic N) is 1. The molecule has 1 aromatic carbocycles. The predicted octanol–water partition coefficient (Wildman–Crippen LogP) is 2.78. The van der Waals surface area contributed by atoms with Gasteiger partial charge >= 0.3 is 0 Å². The van der Waals surface area contributed by atoms with Crippen LogP contribution in [0.3, 0.4) is 0 Å². The maximum atomic E-state index is 12.6. The molecule has 3 rings (SSSR count). The molecule has 0 spiro atoms. The van der Waals surface area contributed by atoms with Crippen LogP contribution in [-0.2, 0) is 10.0 Å². The Bertz CT molecular complexity index is 872. The lowest BCUT2D eigenvalue weighted by atomic mass is 10.3. The van der Waals surface area contributed by atoms with Crippen molar-refractivity contribution in [1.82, 2.24) is 4.31 Å². The van der Waals surface area contributed by atoms with Crippen LogP contribution in [0.25, 0.3) is 0 Å². The van der Waals surface area contributed by atoms with E-state index < -0.39 is 15.9 Å². The number of amides is 1. The Morgan fingerprint density at radius 3 is 2.54 bits per heavy atom. The van der Waals surface area contributed by atoms with Crippen molar-refractivity contribution in [3.8, 4) is 5.75 Å². The molecule has 0 saturated carbocycles. The third kappa shape index (κ3) is 3.33. The van der Waals surface area contributed by atoms with Crippen LogP contribution in [0.5, 0.6) is 5.75 Å². The SMILES string of the molecule is O=C(Nc1cc(S(=O)(=O)N2CCCC2)ccc1O)c1ccc(Br)o1. The van der Waals surface area contributed by atoms with Crippen LogP contribution >= 0.6 is 15.9 Å². The zero-order chi connectivity index (χ0) is 17.3. The van der Waals surface area contributed by atoms with Crippen LogP contribution in [0, 0.1) is 0 Å². The van der Waals surface area contributed by atoms with Crippen LogP contribution in [0.2, 0.25) is 0 Å². The second-order valence-electron chi connectivity index (χ2n) is 5.35. The summed E-state index contributed by atoms with van der Waals surface area (Å²) in [5, 5.41) is 12.4. The van der Waals surface area contributed by atoms with Crippen LogP contribution in [0.1, 0.15) is 23.4 Å². The van der Waals surface area contributed by atoms with E-state index in [1.165, 1.54) is 28.6 Å². The fourth-order valence-corrected chi connectivity index (χ4v) is 4.32.